The maximum atomic E-state index is 12.4. The van der Waals surface area contributed by atoms with Crippen LogP contribution >= 0.6 is 0 Å². The van der Waals surface area contributed by atoms with E-state index in [1.54, 1.807) is 0 Å². The van der Waals surface area contributed by atoms with Crippen molar-refractivity contribution in [1.82, 2.24) is 15.5 Å². The number of nitrogens with two attached hydrogens (primary N) is 2. The Morgan fingerprint density at radius 3 is 2.48 bits per heavy atom. The summed E-state index contributed by atoms with van der Waals surface area (Å²) in [7, 11) is 0. The van der Waals surface area contributed by atoms with Crippen LogP contribution in [0.4, 0.5) is 4.79 Å². The number of hydrogen-bond acceptors (Lipinski definition) is 6. The molecule has 6 N–H and O–H groups in total. The van der Waals surface area contributed by atoms with Crippen LogP contribution in [0.3, 0.4) is 0 Å². The Labute approximate surface area is 140 Å². The highest BCUT2D eigenvalue weighted by molar-refractivity contribution is 5.69. The molecule has 0 unspecified atom stereocenters. The first-order valence-electron chi connectivity index (χ1n) is 8.71. The Balaban J connectivity index is 2.55. The summed E-state index contributed by atoms with van der Waals surface area (Å²) in [5.41, 5.74) is 10.6. The molecule has 0 bridgehead atoms. The average Bonchev–Trinajstić information content (AvgIpc) is 2.85. The van der Waals surface area contributed by atoms with Gasteiger partial charge in [0, 0.05) is 25.2 Å². The predicted octanol–water partition coefficient (Wildman–Crippen LogP) is 0.241. The molecule has 0 saturated carbocycles. The fourth-order valence-electron chi connectivity index (χ4n) is 2.71. The molecule has 0 aromatic heterocycles. The number of amides is 1. The zero-order valence-corrected chi connectivity index (χ0v) is 14.9. The molecule has 23 heavy (non-hydrogen) atoms. The molecule has 7 nitrogen and oxygen atoms in total. The van der Waals surface area contributed by atoms with Crippen LogP contribution in [0.2, 0.25) is 0 Å². The molecule has 1 aliphatic heterocycles. The zero-order chi connectivity index (χ0) is 17.3. The predicted molar refractivity (Wildman–Crippen MR) is 93.3 cm³/mol. The molecule has 7 heteroatoms. The van der Waals surface area contributed by atoms with E-state index in [0.29, 0.717) is 25.7 Å². The number of carbonyl (C=O) groups excluding carboxylic acids is 1. The van der Waals surface area contributed by atoms with Crippen molar-refractivity contribution < 1.29 is 9.53 Å². The highest BCUT2D eigenvalue weighted by Crippen LogP contribution is 2.21. The summed E-state index contributed by atoms with van der Waals surface area (Å²) in [6, 6.07) is 0.452. The van der Waals surface area contributed by atoms with Crippen LogP contribution < -0.4 is 22.1 Å². The molecule has 1 fully saturated rings. The van der Waals surface area contributed by atoms with Crippen LogP contribution in [0, 0.1) is 0 Å². The lowest BCUT2D eigenvalue weighted by Crippen LogP contribution is -2.44. The Morgan fingerprint density at radius 1 is 1.22 bits per heavy atom. The minimum atomic E-state index is -0.473. The molecular formula is C16H35N5O2. The minimum absolute atomic E-state index is 0.151. The molecule has 1 rings (SSSR count). The smallest absolute Gasteiger partial charge is 0.410 e. The van der Waals surface area contributed by atoms with Gasteiger partial charge in [0.05, 0.1) is 0 Å². The lowest BCUT2D eigenvalue weighted by atomic mass is 10.1. The Hall–Kier alpha value is -0.890. The van der Waals surface area contributed by atoms with Gasteiger partial charge in [-0.2, -0.15) is 0 Å². The van der Waals surface area contributed by atoms with Gasteiger partial charge in [-0.3, -0.25) is 0 Å². The Morgan fingerprint density at radius 2 is 1.87 bits per heavy atom. The largest absolute Gasteiger partial charge is 0.444 e. The van der Waals surface area contributed by atoms with E-state index < -0.39 is 5.60 Å². The summed E-state index contributed by atoms with van der Waals surface area (Å²) in [5, 5.41) is 6.87. The third kappa shape index (κ3) is 7.97. The van der Waals surface area contributed by atoms with E-state index >= 15 is 0 Å². The monoisotopic (exact) mass is 329 g/mol. The zero-order valence-electron chi connectivity index (χ0n) is 14.9. The first kappa shape index (κ1) is 20.2. The van der Waals surface area contributed by atoms with E-state index in [2.05, 4.69) is 10.6 Å². The first-order valence-corrected chi connectivity index (χ1v) is 8.71. The second-order valence-electron chi connectivity index (χ2n) is 7.16. The number of ether oxygens (including phenoxy) is 1. The molecule has 1 aliphatic rings. The van der Waals surface area contributed by atoms with Crippen molar-refractivity contribution in [2.45, 2.75) is 57.7 Å². The van der Waals surface area contributed by atoms with E-state index in [0.717, 1.165) is 38.9 Å². The van der Waals surface area contributed by atoms with E-state index in [4.69, 9.17) is 16.2 Å². The molecule has 0 aliphatic carbocycles. The van der Waals surface area contributed by atoms with Crippen LogP contribution in [-0.2, 0) is 4.74 Å². The van der Waals surface area contributed by atoms with Gasteiger partial charge in [0.1, 0.15) is 5.60 Å². The number of rotatable bonds is 9. The molecule has 0 radical (unpaired) electrons. The molecule has 136 valence electrons. The summed E-state index contributed by atoms with van der Waals surface area (Å²) >= 11 is 0. The van der Waals surface area contributed by atoms with Crippen molar-refractivity contribution in [1.29, 1.82) is 0 Å². The quantitative estimate of drug-likeness (QED) is 0.452. The second kappa shape index (κ2) is 10.1. The van der Waals surface area contributed by atoms with Gasteiger partial charge in [-0.15, -0.1) is 0 Å². The number of nitrogens with one attached hydrogen (secondary N) is 2. The standard InChI is InChI=1S/C16H35N5O2/c1-16(2,3)23-15(22)21-12-13(20-9-5-7-18)10-14(21)11-19-8-4-6-17/h13-14,19-20H,4-12,17-18H2,1-3H3/t13-,14+/m1/s1. The topological polar surface area (TPSA) is 106 Å². The second-order valence-corrected chi connectivity index (χ2v) is 7.16. The molecule has 2 atom stereocenters. The van der Waals surface area contributed by atoms with Crippen LogP contribution in [0.1, 0.15) is 40.0 Å². The summed E-state index contributed by atoms with van der Waals surface area (Å²) in [5.74, 6) is 0. The Bertz CT molecular complexity index is 346. The molecule has 0 aromatic rings. The van der Waals surface area contributed by atoms with Gasteiger partial charge in [0.2, 0.25) is 0 Å². The summed E-state index contributed by atoms with van der Waals surface area (Å²) in [6.07, 6.45) is 2.59. The molecule has 0 spiro atoms. The SMILES string of the molecule is CC(C)(C)OC(=O)N1C[C@H](NCCCN)C[C@H]1CNCCCN. The number of hydrogen-bond donors (Lipinski definition) is 4. The number of likely N-dealkylation sites (tertiary alicyclic amines) is 1. The molecule has 0 aromatic carbocycles. The van der Waals surface area contributed by atoms with Gasteiger partial charge in [0.15, 0.2) is 0 Å². The third-order valence-electron chi connectivity index (χ3n) is 3.79. The highest BCUT2D eigenvalue weighted by Gasteiger charge is 2.36. The van der Waals surface area contributed by atoms with Crippen LogP contribution in [-0.4, -0.2) is 67.9 Å². The van der Waals surface area contributed by atoms with Gasteiger partial charge in [-0.1, -0.05) is 0 Å². The summed E-state index contributed by atoms with van der Waals surface area (Å²) in [6.45, 7) is 10.3. The normalized spacial score (nSPS) is 21.7. The fourth-order valence-corrected chi connectivity index (χ4v) is 2.71. The first-order chi connectivity index (χ1) is 10.9. The van der Waals surface area contributed by atoms with E-state index in [1.807, 2.05) is 25.7 Å². The van der Waals surface area contributed by atoms with Crippen molar-refractivity contribution in [2.75, 3.05) is 39.3 Å². The van der Waals surface area contributed by atoms with Crippen LogP contribution in [0.25, 0.3) is 0 Å². The maximum Gasteiger partial charge on any atom is 0.410 e. The van der Waals surface area contributed by atoms with E-state index in [1.165, 1.54) is 0 Å². The van der Waals surface area contributed by atoms with Crippen molar-refractivity contribution >= 4 is 6.09 Å². The fraction of sp³-hybridized carbons (Fsp3) is 0.938. The molecule has 1 saturated heterocycles. The minimum Gasteiger partial charge on any atom is -0.444 e. The average molecular weight is 329 g/mol. The van der Waals surface area contributed by atoms with Crippen molar-refractivity contribution in [3.05, 3.63) is 0 Å². The Kier molecular flexibility index (Phi) is 8.83. The van der Waals surface area contributed by atoms with Gasteiger partial charge in [-0.25, -0.2) is 4.79 Å². The van der Waals surface area contributed by atoms with Crippen LogP contribution in [0.15, 0.2) is 0 Å². The lowest BCUT2D eigenvalue weighted by molar-refractivity contribution is 0.0224. The molecule has 1 amide bonds. The van der Waals surface area contributed by atoms with Gasteiger partial charge in [-0.05, 0) is 66.2 Å². The van der Waals surface area contributed by atoms with Crippen molar-refractivity contribution in [3.63, 3.8) is 0 Å². The highest BCUT2D eigenvalue weighted by atomic mass is 16.6. The summed E-state index contributed by atoms with van der Waals surface area (Å²) in [4.78, 5) is 14.3. The van der Waals surface area contributed by atoms with E-state index in [-0.39, 0.29) is 12.1 Å². The van der Waals surface area contributed by atoms with E-state index in [9.17, 15) is 4.79 Å². The maximum absolute atomic E-state index is 12.4. The van der Waals surface area contributed by atoms with Crippen molar-refractivity contribution in [3.8, 4) is 0 Å². The van der Waals surface area contributed by atoms with Gasteiger partial charge in [0.25, 0.3) is 0 Å². The number of carbonyl (C=O) groups is 1. The third-order valence-corrected chi connectivity index (χ3v) is 3.79. The van der Waals surface area contributed by atoms with Gasteiger partial charge < -0.3 is 31.7 Å². The number of nitrogens with zero attached hydrogens (tertiary/aromatic N) is 1. The lowest BCUT2D eigenvalue weighted by Gasteiger charge is -2.28. The van der Waals surface area contributed by atoms with Crippen LogP contribution in [0.5, 0.6) is 0 Å². The summed E-state index contributed by atoms with van der Waals surface area (Å²) < 4.78 is 5.54. The van der Waals surface area contributed by atoms with Gasteiger partial charge >= 0.3 is 6.09 Å². The molecular weight excluding hydrogens is 294 g/mol. The van der Waals surface area contributed by atoms with Crippen molar-refractivity contribution in [2.24, 2.45) is 11.5 Å². The molecule has 1 heterocycles.